The summed E-state index contributed by atoms with van der Waals surface area (Å²) in [5, 5.41) is 24.9. The minimum Gasteiger partial charge on any atom is -0.493 e. The van der Waals surface area contributed by atoms with Crippen LogP contribution in [-0.2, 0) is 9.59 Å². The van der Waals surface area contributed by atoms with Gasteiger partial charge in [0.15, 0.2) is 11.5 Å². The summed E-state index contributed by atoms with van der Waals surface area (Å²) in [5.41, 5.74) is -0.970. The van der Waals surface area contributed by atoms with E-state index in [2.05, 4.69) is 5.32 Å². The summed E-state index contributed by atoms with van der Waals surface area (Å²) < 4.78 is 10.9. The molecule has 38 heavy (non-hydrogen) atoms. The monoisotopic (exact) mass is 538 g/mol. The van der Waals surface area contributed by atoms with Crippen LogP contribution in [0.2, 0.25) is 5.02 Å². The van der Waals surface area contributed by atoms with Gasteiger partial charge >= 0.3 is 11.7 Å². The normalized spacial score (nSPS) is 14.3. The maximum atomic E-state index is 13.1. The van der Waals surface area contributed by atoms with Crippen molar-refractivity contribution in [3.05, 3.63) is 97.1 Å². The van der Waals surface area contributed by atoms with Crippen molar-refractivity contribution in [3.8, 4) is 17.2 Å². The highest BCUT2D eigenvalue weighted by molar-refractivity contribution is 6.39. The quantitative estimate of drug-likeness (QED) is 0.195. The minimum atomic E-state index is -0.925. The molecule has 1 heterocycles. The summed E-state index contributed by atoms with van der Waals surface area (Å²) in [5.74, 6) is -1.97. The highest BCUT2D eigenvalue weighted by Gasteiger charge is 2.36. The third kappa shape index (κ3) is 5.12. The molecule has 0 spiro atoms. The number of carbonyl (C=O) groups is 3. The molecule has 3 aromatic rings. The topological polar surface area (TPSA) is 171 Å². The molecule has 3 aromatic carbocycles. The first kappa shape index (κ1) is 25.8. The highest BCUT2D eigenvalue weighted by Crippen LogP contribution is 2.38. The van der Waals surface area contributed by atoms with E-state index in [9.17, 15) is 34.6 Å². The number of halogens is 1. The van der Waals surface area contributed by atoms with Crippen LogP contribution in [0.1, 0.15) is 5.56 Å². The summed E-state index contributed by atoms with van der Waals surface area (Å²) in [6.07, 6.45) is 1.23. The first-order valence-corrected chi connectivity index (χ1v) is 10.9. The molecule has 1 aliphatic rings. The van der Waals surface area contributed by atoms with Gasteiger partial charge in [-0.25, -0.2) is 9.69 Å². The van der Waals surface area contributed by atoms with Crippen LogP contribution in [0.25, 0.3) is 6.08 Å². The third-order valence-electron chi connectivity index (χ3n) is 5.26. The Hall–Kier alpha value is -5.30. The van der Waals surface area contributed by atoms with Gasteiger partial charge in [-0.15, -0.1) is 0 Å². The maximum Gasteiger partial charge on any atom is 0.335 e. The molecule has 0 unspecified atom stereocenters. The predicted molar refractivity (Wildman–Crippen MR) is 133 cm³/mol. The number of benzene rings is 3. The highest BCUT2D eigenvalue weighted by atomic mass is 35.5. The van der Waals surface area contributed by atoms with Crippen molar-refractivity contribution in [1.82, 2.24) is 5.32 Å². The van der Waals surface area contributed by atoms with Crippen molar-refractivity contribution >= 4 is 52.6 Å². The Bertz CT molecular complexity index is 1540. The van der Waals surface area contributed by atoms with Gasteiger partial charge in [-0.2, -0.15) is 0 Å². The van der Waals surface area contributed by atoms with Crippen LogP contribution in [0.4, 0.5) is 21.9 Å². The van der Waals surface area contributed by atoms with Crippen LogP contribution in [0.5, 0.6) is 17.2 Å². The molecule has 4 rings (SSSR count). The Morgan fingerprint density at radius 2 is 1.58 bits per heavy atom. The Balaban J connectivity index is 1.66. The molecule has 0 aromatic heterocycles. The second-order valence-electron chi connectivity index (χ2n) is 7.61. The first-order chi connectivity index (χ1) is 18.1. The lowest BCUT2D eigenvalue weighted by Crippen LogP contribution is -2.54. The van der Waals surface area contributed by atoms with E-state index >= 15 is 0 Å². The molecule has 1 aliphatic heterocycles. The number of methoxy groups -OCH3 is 1. The number of hydrogen-bond acceptors (Lipinski definition) is 9. The van der Waals surface area contributed by atoms with Crippen LogP contribution in [0, 0.1) is 20.2 Å². The molecule has 0 radical (unpaired) electrons. The summed E-state index contributed by atoms with van der Waals surface area (Å²) in [6.45, 7) is 0. The average molecular weight is 539 g/mol. The Morgan fingerprint density at radius 3 is 2.21 bits per heavy atom. The molecule has 13 nitrogen and oxygen atoms in total. The zero-order valence-corrected chi connectivity index (χ0v) is 20.0. The van der Waals surface area contributed by atoms with Gasteiger partial charge in [0.1, 0.15) is 5.57 Å². The van der Waals surface area contributed by atoms with Gasteiger partial charge in [-0.1, -0.05) is 17.7 Å². The van der Waals surface area contributed by atoms with Crippen LogP contribution in [0.15, 0.2) is 66.2 Å². The number of hydrogen-bond donors (Lipinski definition) is 1. The van der Waals surface area contributed by atoms with E-state index < -0.39 is 39.1 Å². The summed E-state index contributed by atoms with van der Waals surface area (Å²) in [7, 11) is 1.29. The van der Waals surface area contributed by atoms with Gasteiger partial charge in [0.2, 0.25) is 5.75 Å². The van der Waals surface area contributed by atoms with Crippen LogP contribution >= 0.6 is 11.6 Å². The number of rotatable bonds is 7. The van der Waals surface area contributed by atoms with E-state index in [0.717, 1.165) is 23.1 Å². The summed E-state index contributed by atoms with van der Waals surface area (Å²) in [6, 6.07) is 12.0. The number of nitrogens with zero attached hydrogens (tertiary/aromatic N) is 3. The Kier molecular flexibility index (Phi) is 7.03. The predicted octanol–water partition coefficient (Wildman–Crippen LogP) is 4.62. The van der Waals surface area contributed by atoms with E-state index in [4.69, 9.17) is 21.1 Å². The number of urea groups is 1. The first-order valence-electron chi connectivity index (χ1n) is 10.5. The van der Waals surface area contributed by atoms with Crippen molar-refractivity contribution < 1.29 is 33.7 Å². The molecule has 0 saturated carbocycles. The fraction of sp³-hybridized carbons (Fsp3) is 0.0417. The van der Waals surface area contributed by atoms with Crippen molar-refractivity contribution in [1.29, 1.82) is 0 Å². The molecule has 1 fully saturated rings. The second kappa shape index (κ2) is 10.4. The lowest BCUT2D eigenvalue weighted by atomic mass is 10.1. The molecule has 0 bridgehead atoms. The molecule has 1 N–H and O–H groups in total. The molecule has 1 saturated heterocycles. The van der Waals surface area contributed by atoms with E-state index in [1.165, 1.54) is 55.7 Å². The number of ether oxygens (including phenoxy) is 2. The smallest absolute Gasteiger partial charge is 0.335 e. The standard InChI is InChI=1S/C24H15ClN4O9/c1-37-21-11-13(2-8-20(21)38-19-9-7-16(28(33)34)12-18(19)29(35)36)10-17-22(30)26-24(32)27(23(17)31)15-5-3-14(25)4-6-15/h2-12H,1H3,(H,26,30,32)/b17-10+. The van der Waals surface area contributed by atoms with Gasteiger partial charge in [0.25, 0.3) is 17.5 Å². The molecular weight excluding hydrogens is 524 g/mol. The van der Waals surface area contributed by atoms with E-state index in [0.29, 0.717) is 10.6 Å². The summed E-state index contributed by atoms with van der Waals surface area (Å²) >= 11 is 5.87. The lowest BCUT2D eigenvalue weighted by Gasteiger charge is -2.26. The number of non-ortho nitro benzene ring substituents is 1. The summed E-state index contributed by atoms with van der Waals surface area (Å²) in [4.78, 5) is 59.4. The van der Waals surface area contributed by atoms with Crippen LogP contribution in [0.3, 0.4) is 0 Å². The van der Waals surface area contributed by atoms with E-state index in [-0.39, 0.29) is 28.5 Å². The Labute approximate surface area is 218 Å². The van der Waals surface area contributed by atoms with Crippen molar-refractivity contribution in [2.45, 2.75) is 0 Å². The van der Waals surface area contributed by atoms with Gasteiger partial charge in [0.05, 0.1) is 28.7 Å². The Morgan fingerprint density at radius 1 is 0.895 bits per heavy atom. The van der Waals surface area contributed by atoms with Crippen molar-refractivity contribution in [3.63, 3.8) is 0 Å². The number of imide groups is 2. The minimum absolute atomic E-state index is 0.0176. The fourth-order valence-electron chi connectivity index (χ4n) is 3.47. The number of anilines is 1. The van der Waals surface area contributed by atoms with Gasteiger partial charge in [-0.05, 0) is 54.1 Å². The number of barbiturate groups is 1. The van der Waals surface area contributed by atoms with E-state index in [1.807, 2.05) is 0 Å². The molecule has 14 heteroatoms. The van der Waals surface area contributed by atoms with Gasteiger partial charge < -0.3 is 9.47 Å². The number of nitro benzene ring substituents is 2. The largest absolute Gasteiger partial charge is 0.493 e. The number of amides is 4. The maximum absolute atomic E-state index is 13.1. The average Bonchev–Trinajstić information content (AvgIpc) is 2.88. The van der Waals surface area contributed by atoms with Gasteiger partial charge in [0, 0.05) is 11.1 Å². The molecule has 4 amide bonds. The zero-order valence-electron chi connectivity index (χ0n) is 19.2. The van der Waals surface area contributed by atoms with Crippen LogP contribution in [-0.4, -0.2) is 34.8 Å². The van der Waals surface area contributed by atoms with Gasteiger partial charge in [-0.3, -0.25) is 35.1 Å². The molecule has 192 valence electrons. The zero-order chi connectivity index (χ0) is 27.6. The molecular formula is C24H15ClN4O9. The van der Waals surface area contributed by atoms with Crippen LogP contribution < -0.4 is 19.7 Å². The third-order valence-corrected chi connectivity index (χ3v) is 5.51. The number of nitro groups is 2. The molecule has 0 atom stereocenters. The van der Waals surface area contributed by atoms with Crippen molar-refractivity contribution in [2.24, 2.45) is 0 Å². The SMILES string of the molecule is COc1cc(/C=C2\C(=O)NC(=O)N(c3ccc(Cl)cc3)C2=O)ccc1Oc1ccc([N+](=O)[O-])cc1[N+](=O)[O-]. The second-order valence-corrected chi connectivity index (χ2v) is 8.05. The lowest BCUT2D eigenvalue weighted by molar-refractivity contribution is -0.394. The number of nitrogens with one attached hydrogen (secondary N) is 1. The number of carbonyl (C=O) groups excluding carboxylic acids is 3. The fourth-order valence-corrected chi connectivity index (χ4v) is 3.60. The van der Waals surface area contributed by atoms with E-state index in [1.54, 1.807) is 0 Å². The molecule has 0 aliphatic carbocycles. The van der Waals surface area contributed by atoms with Crippen molar-refractivity contribution in [2.75, 3.05) is 12.0 Å².